The highest BCUT2D eigenvalue weighted by Crippen LogP contribution is 2.40. The first-order valence-electron chi connectivity index (χ1n) is 8.60. The molecule has 24 heavy (non-hydrogen) atoms. The van der Waals surface area contributed by atoms with Crippen molar-refractivity contribution in [2.24, 2.45) is 11.3 Å². The van der Waals surface area contributed by atoms with Crippen molar-refractivity contribution in [3.63, 3.8) is 0 Å². The topological polar surface area (TPSA) is 39.4 Å². The maximum Gasteiger partial charge on any atom is 0.338 e. The molecule has 0 N–H and O–H groups in total. The fraction of sp³-hybridized carbons (Fsp3) is 0.476. The molecule has 0 aliphatic heterocycles. The van der Waals surface area contributed by atoms with Crippen molar-refractivity contribution >= 4 is 5.97 Å². The summed E-state index contributed by atoms with van der Waals surface area (Å²) in [5.41, 5.74) is 2.91. The molecular formula is C21H28O3. The number of carbonyl (C=O) groups is 1. The van der Waals surface area contributed by atoms with Gasteiger partial charge in [-0.05, 0) is 66.7 Å². The molecule has 0 amide bonds. The number of ether oxygens (including phenoxy) is 1. The van der Waals surface area contributed by atoms with Crippen LogP contribution in [0.5, 0.6) is 0 Å². The van der Waals surface area contributed by atoms with Crippen LogP contribution in [0.1, 0.15) is 45.1 Å². The quantitative estimate of drug-likeness (QED) is 0.709. The number of carbonyl (C=O) groups excluding carboxylic acids is 1. The van der Waals surface area contributed by atoms with E-state index in [1.807, 2.05) is 24.5 Å². The highest BCUT2D eigenvalue weighted by atomic mass is 16.5. The van der Waals surface area contributed by atoms with Crippen molar-refractivity contribution in [1.82, 2.24) is 0 Å². The second-order valence-electron chi connectivity index (χ2n) is 7.03. The molecule has 1 heterocycles. The van der Waals surface area contributed by atoms with Gasteiger partial charge < -0.3 is 9.15 Å². The zero-order chi connectivity index (χ0) is 17.6. The average molecular weight is 328 g/mol. The second-order valence-corrected chi connectivity index (χ2v) is 7.03. The smallest absolute Gasteiger partial charge is 0.338 e. The maximum absolute atomic E-state index is 11.9. The molecule has 1 aromatic rings. The minimum absolute atomic E-state index is 0.213. The van der Waals surface area contributed by atoms with Gasteiger partial charge in [0.25, 0.3) is 0 Å². The Morgan fingerprint density at radius 3 is 2.96 bits per heavy atom. The summed E-state index contributed by atoms with van der Waals surface area (Å²) in [4.78, 5) is 11.9. The summed E-state index contributed by atoms with van der Waals surface area (Å²) in [5, 5.41) is 0. The Bertz CT molecular complexity index is 622. The highest BCUT2D eigenvalue weighted by molar-refractivity contribution is 5.93. The van der Waals surface area contributed by atoms with Crippen LogP contribution in [0.4, 0.5) is 0 Å². The van der Waals surface area contributed by atoms with Crippen molar-refractivity contribution in [2.45, 2.75) is 46.0 Å². The molecule has 2 rings (SSSR count). The minimum atomic E-state index is -0.305. The Labute approximate surface area is 145 Å². The lowest BCUT2D eigenvalue weighted by Gasteiger charge is -2.36. The van der Waals surface area contributed by atoms with E-state index in [1.54, 1.807) is 6.26 Å². The average Bonchev–Trinajstić information content (AvgIpc) is 3.10. The van der Waals surface area contributed by atoms with Gasteiger partial charge in [-0.3, -0.25) is 0 Å². The molecular weight excluding hydrogens is 300 g/mol. The molecule has 1 aliphatic rings. The van der Waals surface area contributed by atoms with Crippen LogP contribution in [0, 0.1) is 11.3 Å². The van der Waals surface area contributed by atoms with E-state index in [2.05, 4.69) is 26.5 Å². The predicted molar refractivity (Wildman–Crippen MR) is 96.5 cm³/mol. The molecule has 130 valence electrons. The van der Waals surface area contributed by atoms with E-state index in [0.717, 1.165) is 37.7 Å². The molecule has 0 saturated heterocycles. The third kappa shape index (κ3) is 4.50. The van der Waals surface area contributed by atoms with Gasteiger partial charge in [-0.15, -0.1) is 0 Å². The van der Waals surface area contributed by atoms with Crippen molar-refractivity contribution in [1.29, 1.82) is 0 Å². The number of esters is 1. The highest BCUT2D eigenvalue weighted by Gasteiger charge is 2.30. The number of methoxy groups -OCH3 is 1. The van der Waals surface area contributed by atoms with Gasteiger partial charge in [0, 0.05) is 0 Å². The Morgan fingerprint density at radius 1 is 1.50 bits per heavy atom. The van der Waals surface area contributed by atoms with Gasteiger partial charge in [0.2, 0.25) is 0 Å². The molecule has 1 aromatic heterocycles. The summed E-state index contributed by atoms with van der Waals surface area (Å²) in [6, 6.07) is 2.04. The number of hydrogen-bond acceptors (Lipinski definition) is 3. The van der Waals surface area contributed by atoms with Crippen LogP contribution in [0.3, 0.4) is 0 Å². The van der Waals surface area contributed by atoms with Gasteiger partial charge >= 0.3 is 5.97 Å². The molecule has 0 bridgehead atoms. The number of hydrogen-bond donors (Lipinski definition) is 0. The molecule has 3 nitrogen and oxygen atoms in total. The molecule has 0 spiro atoms. The lowest BCUT2D eigenvalue weighted by Crippen LogP contribution is -2.26. The van der Waals surface area contributed by atoms with Gasteiger partial charge in [-0.1, -0.05) is 32.6 Å². The molecule has 0 unspecified atom stereocenters. The van der Waals surface area contributed by atoms with Crippen molar-refractivity contribution in [3.8, 4) is 0 Å². The lowest BCUT2D eigenvalue weighted by atomic mass is 9.69. The zero-order valence-corrected chi connectivity index (χ0v) is 15.0. The maximum atomic E-state index is 11.9. The van der Waals surface area contributed by atoms with E-state index >= 15 is 0 Å². The third-order valence-electron chi connectivity index (χ3n) is 5.40. The summed E-state index contributed by atoms with van der Waals surface area (Å²) >= 11 is 0. The van der Waals surface area contributed by atoms with Gasteiger partial charge in [-0.2, -0.15) is 0 Å². The van der Waals surface area contributed by atoms with Crippen LogP contribution in [0.15, 0.2) is 59.0 Å². The van der Waals surface area contributed by atoms with Gasteiger partial charge in [-0.25, -0.2) is 4.79 Å². The van der Waals surface area contributed by atoms with E-state index in [0.29, 0.717) is 11.5 Å². The SMILES string of the molecule is C=C1CC[C@@H](C)[C@](C)(CCc2ccoc2)CC=CC=C1C(=O)OC. The van der Waals surface area contributed by atoms with Crippen LogP contribution in [0.25, 0.3) is 0 Å². The monoisotopic (exact) mass is 328 g/mol. The van der Waals surface area contributed by atoms with Crippen molar-refractivity contribution < 1.29 is 13.9 Å². The van der Waals surface area contributed by atoms with Gasteiger partial charge in [0.1, 0.15) is 0 Å². The van der Waals surface area contributed by atoms with E-state index in [4.69, 9.17) is 9.15 Å². The summed E-state index contributed by atoms with van der Waals surface area (Å²) in [6.45, 7) is 8.76. The van der Waals surface area contributed by atoms with E-state index in [9.17, 15) is 4.79 Å². The number of aryl methyl sites for hydroxylation is 1. The largest absolute Gasteiger partial charge is 0.472 e. The van der Waals surface area contributed by atoms with Gasteiger partial charge in [0.15, 0.2) is 0 Å². The van der Waals surface area contributed by atoms with E-state index in [1.165, 1.54) is 12.7 Å². The molecule has 0 saturated carbocycles. The van der Waals surface area contributed by atoms with Crippen LogP contribution in [-0.2, 0) is 16.0 Å². The Balaban J connectivity index is 2.14. The molecule has 0 radical (unpaired) electrons. The Hall–Kier alpha value is -2.03. The number of allylic oxidation sites excluding steroid dienone is 3. The Morgan fingerprint density at radius 2 is 2.29 bits per heavy atom. The second kappa shape index (κ2) is 8.18. The first kappa shape index (κ1) is 18.3. The van der Waals surface area contributed by atoms with Crippen LogP contribution in [0.2, 0.25) is 0 Å². The lowest BCUT2D eigenvalue weighted by molar-refractivity contribution is -0.135. The van der Waals surface area contributed by atoms with Crippen molar-refractivity contribution in [2.75, 3.05) is 7.11 Å². The predicted octanol–water partition coefficient (Wildman–Crippen LogP) is 5.25. The molecule has 3 heteroatoms. The van der Waals surface area contributed by atoms with Crippen LogP contribution >= 0.6 is 0 Å². The van der Waals surface area contributed by atoms with E-state index in [-0.39, 0.29) is 11.4 Å². The first-order chi connectivity index (χ1) is 11.5. The van der Waals surface area contributed by atoms with E-state index < -0.39 is 0 Å². The summed E-state index contributed by atoms with van der Waals surface area (Å²) in [7, 11) is 1.41. The molecule has 0 aromatic carbocycles. The van der Waals surface area contributed by atoms with Crippen LogP contribution < -0.4 is 0 Å². The molecule has 0 fully saturated rings. The van der Waals surface area contributed by atoms with Crippen LogP contribution in [-0.4, -0.2) is 13.1 Å². The Kier molecular flexibility index (Phi) is 6.24. The van der Waals surface area contributed by atoms with Crippen molar-refractivity contribution in [3.05, 3.63) is 60.1 Å². The third-order valence-corrected chi connectivity index (χ3v) is 5.40. The normalized spacial score (nSPS) is 25.2. The standard InChI is InChI=1S/C21H28O3/c1-16-8-9-17(2)21(3,13-10-18-11-14-24-15-18)12-6-5-7-19(16)20(22)23-4/h5-7,11,14-15,17H,1,8-10,12-13H2,2-4H3/t17-,21+/m1/s1. The zero-order valence-electron chi connectivity index (χ0n) is 15.0. The number of furan rings is 1. The fourth-order valence-electron chi connectivity index (χ4n) is 3.23. The first-order valence-corrected chi connectivity index (χ1v) is 8.60. The molecule has 1 aliphatic carbocycles. The van der Waals surface area contributed by atoms with Gasteiger partial charge in [0.05, 0.1) is 25.2 Å². The summed E-state index contributed by atoms with van der Waals surface area (Å²) in [6.07, 6.45) is 14.5. The summed E-state index contributed by atoms with van der Waals surface area (Å²) < 4.78 is 10.0. The number of rotatable bonds is 4. The minimum Gasteiger partial charge on any atom is -0.472 e. The fourth-order valence-corrected chi connectivity index (χ4v) is 3.23. The molecule has 2 atom stereocenters. The summed E-state index contributed by atoms with van der Waals surface area (Å²) in [5.74, 6) is 0.225.